The molecule has 90 valence electrons. The third kappa shape index (κ3) is 4.26. The SMILES string of the molecule is O=C(/C=C/c1ccc(Br)cc1)[Se]c1ccccc1. The standard InChI is InChI=1S/C15H11BrOSe/c16-13-9-6-12(7-10-13)8-11-15(17)18-14-4-2-1-3-5-14/h1-11H/b11-8+. The van der Waals surface area contributed by atoms with Gasteiger partial charge in [0.1, 0.15) is 0 Å². The molecule has 18 heavy (non-hydrogen) atoms. The van der Waals surface area contributed by atoms with Gasteiger partial charge in [-0.1, -0.05) is 0 Å². The topological polar surface area (TPSA) is 17.1 Å². The number of rotatable bonds is 4. The van der Waals surface area contributed by atoms with E-state index in [0.717, 1.165) is 14.5 Å². The molecule has 0 saturated heterocycles. The minimum absolute atomic E-state index is 0.132. The normalized spacial score (nSPS) is 10.7. The van der Waals surface area contributed by atoms with Crippen molar-refractivity contribution in [3.63, 3.8) is 0 Å². The van der Waals surface area contributed by atoms with Gasteiger partial charge in [0.25, 0.3) is 0 Å². The van der Waals surface area contributed by atoms with Crippen molar-refractivity contribution in [2.45, 2.75) is 0 Å². The second kappa shape index (κ2) is 6.69. The Labute approximate surface area is 121 Å². The van der Waals surface area contributed by atoms with Crippen LogP contribution in [-0.4, -0.2) is 19.6 Å². The molecule has 0 bridgehead atoms. The number of hydrogen-bond donors (Lipinski definition) is 0. The summed E-state index contributed by atoms with van der Waals surface area (Å²) in [4.78, 5) is 11.8. The molecule has 2 rings (SSSR count). The number of carbonyl (C=O) groups excluding carboxylic acids is 1. The second-order valence-electron chi connectivity index (χ2n) is 3.62. The summed E-state index contributed by atoms with van der Waals surface area (Å²) in [6.07, 6.45) is 3.52. The summed E-state index contributed by atoms with van der Waals surface area (Å²) in [7, 11) is 0. The van der Waals surface area contributed by atoms with Gasteiger partial charge in [-0.25, -0.2) is 0 Å². The first-order valence-corrected chi connectivity index (χ1v) is 7.95. The first kappa shape index (κ1) is 13.3. The predicted molar refractivity (Wildman–Crippen MR) is 80.0 cm³/mol. The van der Waals surface area contributed by atoms with Gasteiger partial charge in [0.15, 0.2) is 0 Å². The molecule has 0 atom stereocenters. The maximum atomic E-state index is 11.8. The van der Waals surface area contributed by atoms with Crippen LogP contribution in [0.15, 0.2) is 65.1 Å². The van der Waals surface area contributed by atoms with Crippen LogP contribution in [0, 0.1) is 0 Å². The molecule has 1 nitrogen and oxygen atoms in total. The van der Waals surface area contributed by atoms with Gasteiger partial charge in [-0.15, -0.1) is 0 Å². The van der Waals surface area contributed by atoms with Crippen molar-refractivity contribution in [2.24, 2.45) is 0 Å². The number of halogens is 1. The zero-order chi connectivity index (χ0) is 12.8. The van der Waals surface area contributed by atoms with E-state index in [2.05, 4.69) is 15.9 Å². The van der Waals surface area contributed by atoms with Gasteiger partial charge in [-0.05, 0) is 0 Å². The fourth-order valence-electron chi connectivity index (χ4n) is 1.38. The zero-order valence-electron chi connectivity index (χ0n) is 9.55. The van der Waals surface area contributed by atoms with E-state index < -0.39 is 0 Å². The maximum absolute atomic E-state index is 11.8. The van der Waals surface area contributed by atoms with Crippen LogP contribution in [0.25, 0.3) is 6.08 Å². The molecule has 0 saturated carbocycles. The molecule has 0 amide bonds. The first-order valence-electron chi connectivity index (χ1n) is 5.44. The molecule has 0 radical (unpaired) electrons. The fraction of sp³-hybridized carbons (Fsp3) is 0. The Kier molecular flexibility index (Phi) is 4.94. The van der Waals surface area contributed by atoms with E-state index >= 15 is 0 Å². The Bertz CT molecular complexity index is 546. The number of allylic oxidation sites excluding steroid dienone is 1. The average Bonchev–Trinajstić information content (AvgIpc) is 2.39. The van der Waals surface area contributed by atoms with Crippen LogP contribution in [0.4, 0.5) is 0 Å². The van der Waals surface area contributed by atoms with Crippen LogP contribution in [0.1, 0.15) is 5.56 Å². The molecule has 0 aromatic heterocycles. The van der Waals surface area contributed by atoms with E-state index in [1.807, 2.05) is 60.7 Å². The molecule has 0 fully saturated rings. The number of hydrogen-bond acceptors (Lipinski definition) is 1. The Morgan fingerprint density at radius 3 is 2.33 bits per heavy atom. The number of benzene rings is 2. The molecule has 2 aromatic carbocycles. The van der Waals surface area contributed by atoms with Gasteiger partial charge in [-0.3, -0.25) is 0 Å². The molecule has 3 heteroatoms. The molecule has 0 aliphatic carbocycles. The molecule has 0 spiro atoms. The van der Waals surface area contributed by atoms with Crippen LogP contribution < -0.4 is 4.46 Å². The summed E-state index contributed by atoms with van der Waals surface area (Å²) >= 11 is 3.25. The quantitative estimate of drug-likeness (QED) is 0.601. The van der Waals surface area contributed by atoms with Gasteiger partial charge in [0, 0.05) is 0 Å². The van der Waals surface area contributed by atoms with Gasteiger partial charge in [0.05, 0.1) is 0 Å². The Balaban J connectivity index is 1.97. The average molecular weight is 366 g/mol. The molecule has 0 aliphatic heterocycles. The van der Waals surface area contributed by atoms with E-state index in [1.54, 1.807) is 6.08 Å². The van der Waals surface area contributed by atoms with Crippen LogP contribution in [-0.2, 0) is 4.79 Å². The third-order valence-electron chi connectivity index (χ3n) is 2.24. The molecule has 0 heterocycles. The van der Waals surface area contributed by atoms with Crippen molar-refractivity contribution >= 4 is 46.1 Å². The van der Waals surface area contributed by atoms with E-state index in [1.165, 1.54) is 0 Å². The van der Waals surface area contributed by atoms with Crippen LogP contribution in [0.5, 0.6) is 0 Å². The van der Waals surface area contributed by atoms with Crippen molar-refractivity contribution in [2.75, 3.05) is 0 Å². The molecular formula is C15H11BrOSe. The minimum atomic E-state index is -0.132. The van der Waals surface area contributed by atoms with E-state index in [-0.39, 0.29) is 19.6 Å². The molecule has 0 N–H and O–H groups in total. The van der Waals surface area contributed by atoms with Gasteiger partial charge in [0.2, 0.25) is 0 Å². The second-order valence-corrected chi connectivity index (χ2v) is 6.80. The van der Waals surface area contributed by atoms with E-state index in [0.29, 0.717) is 0 Å². The number of carbonyl (C=O) groups is 1. The van der Waals surface area contributed by atoms with Crippen molar-refractivity contribution in [3.05, 3.63) is 70.7 Å². The summed E-state index contributed by atoms with van der Waals surface area (Å²) < 4.78 is 2.33. The van der Waals surface area contributed by atoms with Gasteiger partial charge >= 0.3 is 122 Å². The van der Waals surface area contributed by atoms with Crippen molar-refractivity contribution in [1.29, 1.82) is 0 Å². The Morgan fingerprint density at radius 2 is 1.67 bits per heavy atom. The Morgan fingerprint density at radius 1 is 1.00 bits per heavy atom. The first-order chi connectivity index (χ1) is 8.74. The van der Waals surface area contributed by atoms with Gasteiger partial charge < -0.3 is 0 Å². The molecule has 0 unspecified atom stereocenters. The zero-order valence-corrected chi connectivity index (χ0v) is 12.8. The van der Waals surface area contributed by atoms with Crippen molar-refractivity contribution in [3.8, 4) is 0 Å². The van der Waals surface area contributed by atoms with Crippen LogP contribution >= 0.6 is 15.9 Å². The summed E-state index contributed by atoms with van der Waals surface area (Å²) in [5.41, 5.74) is 1.04. The van der Waals surface area contributed by atoms with Crippen LogP contribution in [0.2, 0.25) is 0 Å². The summed E-state index contributed by atoms with van der Waals surface area (Å²) in [5.74, 6) is 0. The summed E-state index contributed by atoms with van der Waals surface area (Å²) in [6.45, 7) is 0. The fourth-order valence-corrected chi connectivity index (χ4v) is 3.03. The van der Waals surface area contributed by atoms with E-state index in [9.17, 15) is 4.79 Å². The van der Waals surface area contributed by atoms with E-state index in [4.69, 9.17) is 0 Å². The van der Waals surface area contributed by atoms with Crippen LogP contribution in [0.3, 0.4) is 0 Å². The molecule has 2 aromatic rings. The molecule has 0 aliphatic rings. The molecular weight excluding hydrogens is 355 g/mol. The summed E-state index contributed by atoms with van der Waals surface area (Å²) in [6, 6.07) is 17.7. The predicted octanol–water partition coefficient (Wildman–Crippen LogP) is 3.02. The van der Waals surface area contributed by atoms with Gasteiger partial charge in [-0.2, -0.15) is 0 Å². The summed E-state index contributed by atoms with van der Waals surface area (Å²) in [5, 5.41) is 0. The van der Waals surface area contributed by atoms with Crippen molar-refractivity contribution in [1.82, 2.24) is 0 Å². The Hall–Kier alpha value is -1.15. The monoisotopic (exact) mass is 366 g/mol. The third-order valence-corrected chi connectivity index (χ3v) is 4.55. The van der Waals surface area contributed by atoms with Crippen molar-refractivity contribution < 1.29 is 4.79 Å².